The fourth-order valence-corrected chi connectivity index (χ4v) is 1.48. The van der Waals surface area contributed by atoms with E-state index in [0.717, 1.165) is 0 Å². The Labute approximate surface area is 146 Å². The fraction of sp³-hybridized carbons (Fsp3) is 0.500. The Kier molecular flexibility index (Phi) is 16.2. The SMILES string of the molecule is C=CC[C@](N)(CS)C(=O)O.C=CC[C@](N)(CS)C(=O)O.O=S. The molecule has 2 atom stereocenters. The molecule has 0 rings (SSSR count). The third-order valence-electron chi connectivity index (χ3n) is 2.43. The summed E-state index contributed by atoms with van der Waals surface area (Å²) in [6.07, 6.45) is 3.44. The van der Waals surface area contributed by atoms with E-state index in [1.54, 1.807) is 0 Å². The maximum Gasteiger partial charge on any atom is 0.324 e. The highest BCUT2D eigenvalue weighted by Crippen LogP contribution is 2.09. The van der Waals surface area contributed by atoms with Gasteiger partial charge >= 0.3 is 11.9 Å². The van der Waals surface area contributed by atoms with Crippen LogP contribution < -0.4 is 11.5 Å². The second-order valence-corrected chi connectivity index (χ2v) is 4.86. The van der Waals surface area contributed by atoms with Crippen molar-refractivity contribution in [1.29, 1.82) is 0 Å². The number of carboxylic acid groups (broad SMARTS) is 2. The molecule has 0 aromatic heterocycles. The van der Waals surface area contributed by atoms with Crippen molar-refractivity contribution in [3.8, 4) is 0 Å². The molecule has 0 fully saturated rings. The van der Waals surface area contributed by atoms with Gasteiger partial charge in [0.1, 0.15) is 11.1 Å². The Balaban J connectivity index is -0.000000294. The largest absolute Gasteiger partial charge is 0.480 e. The zero-order valence-electron chi connectivity index (χ0n) is 12.0. The number of rotatable bonds is 8. The summed E-state index contributed by atoms with van der Waals surface area (Å²) in [7, 11) is 0. The topological polar surface area (TPSA) is 144 Å². The van der Waals surface area contributed by atoms with Crippen molar-refractivity contribution >= 4 is 49.7 Å². The molecule has 0 unspecified atom stereocenters. The average molecular weight is 371 g/mol. The van der Waals surface area contributed by atoms with Gasteiger partial charge in [-0.1, -0.05) is 12.2 Å². The van der Waals surface area contributed by atoms with Crippen molar-refractivity contribution in [2.24, 2.45) is 11.5 Å². The van der Waals surface area contributed by atoms with E-state index in [-0.39, 0.29) is 24.3 Å². The molecular formula is C12H22N2O5S3. The Morgan fingerprint density at radius 2 is 1.18 bits per heavy atom. The first-order chi connectivity index (χ1) is 10.1. The van der Waals surface area contributed by atoms with Crippen LogP contribution in [0.25, 0.3) is 0 Å². The monoisotopic (exact) mass is 370 g/mol. The molecule has 22 heavy (non-hydrogen) atoms. The van der Waals surface area contributed by atoms with Crippen LogP contribution in [0.1, 0.15) is 12.8 Å². The molecule has 0 aliphatic carbocycles. The van der Waals surface area contributed by atoms with Crippen molar-refractivity contribution in [2.45, 2.75) is 23.9 Å². The standard InChI is InChI=1S/2C6H11NO2S.OS/c2*1-2-3-6(7,4-10)5(8)9;1-2/h2*2,10H,1,3-4,7H2,(H,8,9);/t2*6-;/m00./s1. The lowest BCUT2D eigenvalue weighted by Crippen LogP contribution is -2.49. The van der Waals surface area contributed by atoms with E-state index in [4.69, 9.17) is 25.9 Å². The van der Waals surface area contributed by atoms with Crippen LogP contribution in [0.4, 0.5) is 0 Å². The van der Waals surface area contributed by atoms with Crippen LogP contribution in [-0.2, 0) is 22.1 Å². The average Bonchev–Trinajstić information content (AvgIpc) is 2.49. The van der Waals surface area contributed by atoms with Gasteiger partial charge in [0.05, 0.1) is 0 Å². The first kappa shape index (κ1) is 26.0. The van der Waals surface area contributed by atoms with Crippen molar-refractivity contribution < 1.29 is 24.0 Å². The number of carboxylic acids is 2. The number of hydrogen-bond donors (Lipinski definition) is 6. The van der Waals surface area contributed by atoms with Gasteiger partial charge in [-0.25, -0.2) is 0 Å². The first-order valence-corrected chi connectivity index (χ1v) is 7.38. The van der Waals surface area contributed by atoms with Crippen molar-refractivity contribution in [1.82, 2.24) is 0 Å². The normalized spacial score (nSPS) is 14.5. The van der Waals surface area contributed by atoms with Crippen molar-refractivity contribution in [3.05, 3.63) is 25.3 Å². The minimum Gasteiger partial charge on any atom is -0.480 e. The van der Waals surface area contributed by atoms with Crippen molar-refractivity contribution in [3.63, 3.8) is 0 Å². The van der Waals surface area contributed by atoms with Crippen LogP contribution in [0.15, 0.2) is 25.3 Å². The quantitative estimate of drug-likeness (QED) is 0.263. The second kappa shape index (κ2) is 13.7. The summed E-state index contributed by atoms with van der Waals surface area (Å²) >= 11 is 10.5. The molecule has 0 bridgehead atoms. The molecule has 10 heteroatoms. The number of nitrogens with two attached hydrogens (primary N) is 2. The lowest BCUT2D eigenvalue weighted by Gasteiger charge is -2.19. The lowest BCUT2D eigenvalue weighted by molar-refractivity contribution is -0.143. The third kappa shape index (κ3) is 9.90. The Hall–Kier alpha value is -0.940. The van der Waals surface area contributed by atoms with Crippen molar-refractivity contribution in [2.75, 3.05) is 11.5 Å². The number of carbonyl (C=O) groups is 2. The molecule has 0 heterocycles. The van der Waals surface area contributed by atoms with Crippen LogP contribution in [-0.4, -0.2) is 48.9 Å². The smallest absolute Gasteiger partial charge is 0.324 e. The summed E-state index contributed by atoms with van der Waals surface area (Å²) in [6, 6.07) is 0. The maximum absolute atomic E-state index is 10.4. The second-order valence-electron chi connectivity index (χ2n) is 4.22. The summed E-state index contributed by atoms with van der Waals surface area (Å²) in [5.74, 6) is -1.84. The lowest BCUT2D eigenvalue weighted by atomic mass is 10.00. The van der Waals surface area contributed by atoms with E-state index in [9.17, 15) is 9.59 Å². The van der Waals surface area contributed by atoms with E-state index < -0.39 is 23.0 Å². The minimum absolute atomic E-state index is 0.119. The molecule has 0 aliphatic heterocycles. The van der Waals surface area contributed by atoms with Gasteiger partial charge in [-0.15, -0.1) is 13.2 Å². The Morgan fingerprint density at radius 1 is 0.955 bits per heavy atom. The van der Waals surface area contributed by atoms with Gasteiger partial charge in [0.25, 0.3) is 0 Å². The number of thiol groups is 2. The van der Waals surface area contributed by atoms with E-state index in [0.29, 0.717) is 0 Å². The molecule has 6 N–H and O–H groups in total. The number of hydrogen-bond acceptors (Lipinski definition) is 8. The molecule has 0 saturated heterocycles. The minimum atomic E-state index is -1.25. The number of aliphatic carboxylic acids is 2. The highest BCUT2D eigenvalue weighted by atomic mass is 32.1. The molecule has 128 valence electrons. The van der Waals surface area contributed by atoms with E-state index in [2.05, 4.69) is 50.9 Å². The van der Waals surface area contributed by atoms with Crippen LogP contribution in [0, 0.1) is 0 Å². The molecule has 0 saturated carbocycles. The van der Waals surface area contributed by atoms with Gasteiger partial charge in [0.2, 0.25) is 0 Å². The molecule has 0 spiro atoms. The fourth-order valence-electron chi connectivity index (χ4n) is 0.954. The third-order valence-corrected chi connectivity index (χ3v) is 3.56. The zero-order valence-corrected chi connectivity index (χ0v) is 14.6. The highest BCUT2D eigenvalue weighted by molar-refractivity contribution is 7.80. The predicted molar refractivity (Wildman–Crippen MR) is 94.6 cm³/mol. The summed E-state index contributed by atoms with van der Waals surface area (Å²) < 4.78 is 7.83. The van der Waals surface area contributed by atoms with Gasteiger partial charge < -0.3 is 21.7 Å². The molecule has 0 aromatic rings. The molecule has 7 nitrogen and oxygen atoms in total. The van der Waals surface area contributed by atoms with Crippen LogP contribution in [0.3, 0.4) is 0 Å². The van der Waals surface area contributed by atoms with E-state index >= 15 is 0 Å². The van der Waals surface area contributed by atoms with E-state index in [1.165, 1.54) is 12.2 Å². The summed E-state index contributed by atoms with van der Waals surface area (Å²) in [4.78, 5) is 20.8. The van der Waals surface area contributed by atoms with Gasteiger partial charge in [-0.2, -0.15) is 29.5 Å². The predicted octanol–water partition coefficient (Wildman–Crippen LogP) is 0.213. The van der Waals surface area contributed by atoms with Crippen LogP contribution >= 0.6 is 25.3 Å². The molecule has 0 radical (unpaired) electrons. The molecule has 0 aliphatic rings. The molecule has 0 amide bonds. The van der Waals surface area contributed by atoms with Crippen LogP contribution in [0.2, 0.25) is 0 Å². The van der Waals surface area contributed by atoms with Gasteiger partial charge in [-0.3, -0.25) is 9.59 Å². The summed E-state index contributed by atoms with van der Waals surface area (Å²) in [5.41, 5.74) is 8.32. The van der Waals surface area contributed by atoms with Gasteiger partial charge in [-0.05, 0) is 12.8 Å². The maximum atomic E-state index is 10.4. The Morgan fingerprint density at radius 3 is 1.23 bits per heavy atom. The van der Waals surface area contributed by atoms with E-state index in [1.807, 2.05) is 0 Å². The zero-order chi connectivity index (χ0) is 18.4. The van der Waals surface area contributed by atoms with Crippen LogP contribution in [0.5, 0.6) is 0 Å². The summed E-state index contributed by atoms with van der Waals surface area (Å²) in [5, 5.41) is 17.1. The highest BCUT2D eigenvalue weighted by Gasteiger charge is 2.31. The summed E-state index contributed by atoms with van der Waals surface area (Å²) in [6.45, 7) is 6.80. The molecule has 0 aromatic carbocycles. The molecular weight excluding hydrogens is 348 g/mol. The van der Waals surface area contributed by atoms with Gasteiger partial charge in [0.15, 0.2) is 12.5 Å². The first-order valence-electron chi connectivity index (χ1n) is 5.78. The Bertz CT molecular complexity index is 350. The van der Waals surface area contributed by atoms with Gasteiger partial charge in [0, 0.05) is 11.5 Å².